The molecule has 9 nitrogen and oxygen atoms in total. The number of methoxy groups -OCH3 is 1. The van der Waals surface area contributed by atoms with Crippen LogP contribution in [0.3, 0.4) is 0 Å². The van der Waals surface area contributed by atoms with E-state index in [4.69, 9.17) is 4.74 Å². The van der Waals surface area contributed by atoms with Crippen molar-refractivity contribution in [3.8, 4) is 6.07 Å². The largest absolute Gasteiger partial charge is 0.466 e. The van der Waals surface area contributed by atoms with Crippen LogP contribution in [0.4, 0.5) is 24.8 Å². The molecule has 0 saturated carbocycles. The second kappa shape index (κ2) is 11.7. The van der Waals surface area contributed by atoms with Gasteiger partial charge in [0, 0.05) is 16.9 Å². The number of nitrogens with zero attached hydrogens (tertiary/aromatic N) is 6. The van der Waals surface area contributed by atoms with Crippen LogP contribution in [-0.2, 0) is 28.8 Å². The number of esters is 1. The molecule has 0 bridgehead atoms. The normalized spacial score (nSPS) is 15.1. The van der Waals surface area contributed by atoms with Gasteiger partial charge in [0.2, 0.25) is 5.95 Å². The molecule has 3 aromatic carbocycles. The number of nitriles is 1. The van der Waals surface area contributed by atoms with Crippen LogP contribution in [0.15, 0.2) is 88.9 Å². The Labute approximate surface area is 258 Å². The lowest BCUT2D eigenvalue weighted by molar-refractivity contribution is -0.884. The van der Waals surface area contributed by atoms with Crippen LogP contribution in [-0.4, -0.2) is 53.1 Å². The van der Waals surface area contributed by atoms with Crippen molar-refractivity contribution in [2.24, 2.45) is 0 Å². The van der Waals surface area contributed by atoms with E-state index in [-0.39, 0.29) is 29.5 Å². The van der Waals surface area contributed by atoms with Crippen molar-refractivity contribution in [3.63, 3.8) is 0 Å². The summed E-state index contributed by atoms with van der Waals surface area (Å²) in [7, 11) is 7.45. The van der Waals surface area contributed by atoms with Gasteiger partial charge in [0.1, 0.15) is 12.6 Å². The highest BCUT2D eigenvalue weighted by atomic mass is 19.4. The Morgan fingerprint density at radius 1 is 1.02 bits per heavy atom. The van der Waals surface area contributed by atoms with E-state index in [2.05, 4.69) is 26.2 Å². The number of hydrogen-bond donors (Lipinski definition) is 0. The fourth-order valence-corrected chi connectivity index (χ4v) is 5.51. The summed E-state index contributed by atoms with van der Waals surface area (Å²) in [6.45, 7) is 2.45. The van der Waals surface area contributed by atoms with Gasteiger partial charge in [-0.15, -0.1) is 5.10 Å². The van der Waals surface area contributed by atoms with Gasteiger partial charge >= 0.3 is 17.8 Å². The number of hydrogen-bond acceptors (Lipinski definition) is 6. The quantitative estimate of drug-likeness (QED) is 0.204. The van der Waals surface area contributed by atoms with Gasteiger partial charge in [0.05, 0.1) is 57.6 Å². The molecule has 4 aromatic rings. The van der Waals surface area contributed by atoms with Crippen molar-refractivity contribution in [2.75, 3.05) is 33.2 Å². The number of carbonyl (C=O) groups is 1. The second-order valence-electron chi connectivity index (χ2n) is 11.9. The molecule has 1 unspecified atom stereocenters. The van der Waals surface area contributed by atoms with Gasteiger partial charge in [0.25, 0.3) is 0 Å². The lowest BCUT2D eigenvalue weighted by Gasteiger charge is -2.35. The summed E-state index contributed by atoms with van der Waals surface area (Å²) in [5, 5.41) is 14.0. The molecule has 0 aliphatic carbocycles. The molecule has 0 amide bonds. The average Bonchev–Trinajstić information content (AvgIpc) is 3.30. The van der Waals surface area contributed by atoms with Gasteiger partial charge in [-0.25, -0.2) is 18.8 Å². The Hall–Kier alpha value is -5.15. The smallest absolute Gasteiger partial charge is 0.416 e. The van der Waals surface area contributed by atoms with Crippen molar-refractivity contribution in [3.05, 3.63) is 122 Å². The van der Waals surface area contributed by atoms with E-state index in [1.54, 1.807) is 31.2 Å². The van der Waals surface area contributed by atoms with Crippen molar-refractivity contribution < 1.29 is 27.2 Å². The molecular formula is C33H32F3N6O3+. The number of ether oxygens (including phenoxy) is 1. The Kier molecular flexibility index (Phi) is 8.16. The third-order valence-corrected chi connectivity index (χ3v) is 7.51. The molecule has 0 radical (unpaired) electrons. The van der Waals surface area contributed by atoms with Gasteiger partial charge in [-0.2, -0.15) is 18.4 Å². The Bertz CT molecular complexity index is 1880. The van der Waals surface area contributed by atoms with Gasteiger partial charge in [0.15, 0.2) is 0 Å². The predicted octanol–water partition coefficient (Wildman–Crippen LogP) is 5.38. The molecule has 1 aromatic heterocycles. The van der Waals surface area contributed by atoms with E-state index >= 15 is 0 Å². The monoisotopic (exact) mass is 617 g/mol. The molecule has 0 fully saturated rings. The zero-order chi connectivity index (χ0) is 32.7. The number of quaternary nitrogens is 1. The molecule has 45 heavy (non-hydrogen) atoms. The molecule has 0 N–H and O–H groups in total. The Morgan fingerprint density at radius 3 is 2.24 bits per heavy atom. The number of benzene rings is 3. The lowest BCUT2D eigenvalue weighted by atomic mass is 9.93. The summed E-state index contributed by atoms with van der Waals surface area (Å²) >= 11 is 0. The first-order valence-electron chi connectivity index (χ1n) is 14.1. The molecule has 0 spiro atoms. The third kappa shape index (κ3) is 6.25. The van der Waals surface area contributed by atoms with Crippen molar-refractivity contribution in [2.45, 2.75) is 32.2 Å². The molecule has 1 atom stereocenters. The van der Waals surface area contributed by atoms with E-state index < -0.39 is 29.4 Å². The number of halogens is 3. The first-order chi connectivity index (χ1) is 21.2. The van der Waals surface area contributed by atoms with E-state index in [1.165, 1.54) is 33.4 Å². The minimum Gasteiger partial charge on any atom is -0.466 e. The van der Waals surface area contributed by atoms with Crippen LogP contribution < -0.4 is 10.6 Å². The molecule has 1 aliphatic rings. The molecular weight excluding hydrogens is 585 g/mol. The first kappa shape index (κ1) is 31.3. The summed E-state index contributed by atoms with van der Waals surface area (Å²) in [4.78, 5) is 28.9. The average molecular weight is 618 g/mol. The number of anilines is 2. The summed E-state index contributed by atoms with van der Waals surface area (Å²) in [5.74, 6) is -0.738. The molecule has 5 rings (SSSR count). The molecule has 0 saturated heterocycles. The van der Waals surface area contributed by atoms with Crippen LogP contribution in [0.5, 0.6) is 0 Å². The number of fused-ring (bicyclic) bond motifs is 1. The Balaban J connectivity index is 1.71. The summed E-state index contributed by atoms with van der Waals surface area (Å²) < 4.78 is 49.7. The molecule has 1 aliphatic heterocycles. The van der Waals surface area contributed by atoms with Crippen LogP contribution in [0.1, 0.15) is 40.8 Å². The maximum atomic E-state index is 14.2. The standard InChI is InChI=1S/C33H32F3N6O3/c1-21-28(30(43)45-5)29(25-15-13-22(18-37)14-16-25)41-31(40(21)27-8-6-7-26(17-27)33(34,35)36)38-39(32(41)44)19-23-9-11-24(12-10-23)20-42(2,3)4/h6-17,29H,19-20H2,1-5H3/q+1. The predicted molar refractivity (Wildman–Crippen MR) is 161 cm³/mol. The van der Waals surface area contributed by atoms with Crippen LogP contribution in [0.25, 0.3) is 0 Å². The summed E-state index contributed by atoms with van der Waals surface area (Å²) in [6, 6.07) is 19.8. The topological polar surface area (TPSA) is 93.2 Å². The van der Waals surface area contributed by atoms with E-state index in [0.717, 1.165) is 34.3 Å². The number of allylic oxidation sites excluding steroid dienone is 1. The Morgan fingerprint density at radius 2 is 1.67 bits per heavy atom. The zero-order valence-corrected chi connectivity index (χ0v) is 25.5. The SMILES string of the molecule is COC(=O)C1=C(C)N(c2cccc(C(F)(F)F)c2)c2nn(Cc3ccc(C[N+](C)(C)C)cc3)c(=O)n2C1c1ccc(C#N)cc1. The van der Waals surface area contributed by atoms with Crippen LogP contribution >= 0.6 is 0 Å². The maximum Gasteiger partial charge on any atom is 0.416 e. The zero-order valence-electron chi connectivity index (χ0n) is 25.5. The van der Waals surface area contributed by atoms with Crippen molar-refractivity contribution >= 4 is 17.6 Å². The van der Waals surface area contributed by atoms with E-state index in [0.29, 0.717) is 11.1 Å². The van der Waals surface area contributed by atoms with Crippen LogP contribution in [0.2, 0.25) is 0 Å². The van der Waals surface area contributed by atoms with Gasteiger partial charge in [-0.3, -0.25) is 4.90 Å². The first-order valence-corrected chi connectivity index (χ1v) is 14.1. The number of alkyl halides is 3. The van der Waals surface area contributed by atoms with Crippen LogP contribution in [0, 0.1) is 11.3 Å². The van der Waals surface area contributed by atoms with E-state index in [1.807, 2.05) is 30.3 Å². The number of rotatable bonds is 7. The van der Waals surface area contributed by atoms with E-state index in [9.17, 15) is 28.0 Å². The number of aromatic nitrogens is 3. The summed E-state index contributed by atoms with van der Waals surface area (Å²) in [6.07, 6.45) is -4.63. The summed E-state index contributed by atoms with van der Waals surface area (Å²) in [5.41, 5.74) is 1.62. The minimum atomic E-state index is -4.63. The highest BCUT2D eigenvalue weighted by Crippen LogP contribution is 2.43. The van der Waals surface area contributed by atoms with Crippen molar-refractivity contribution in [1.82, 2.24) is 14.3 Å². The minimum absolute atomic E-state index is 0.0282. The fourth-order valence-electron chi connectivity index (χ4n) is 5.51. The molecule has 12 heteroatoms. The highest BCUT2D eigenvalue weighted by Gasteiger charge is 2.41. The van der Waals surface area contributed by atoms with Gasteiger partial charge in [-0.05, 0) is 48.4 Å². The van der Waals surface area contributed by atoms with Gasteiger partial charge < -0.3 is 9.22 Å². The highest BCUT2D eigenvalue weighted by molar-refractivity contribution is 5.93. The molecule has 2 heterocycles. The molecule has 232 valence electrons. The lowest BCUT2D eigenvalue weighted by Crippen LogP contribution is -2.38. The maximum absolute atomic E-state index is 14.2. The second-order valence-corrected chi connectivity index (χ2v) is 11.9. The van der Waals surface area contributed by atoms with Gasteiger partial charge in [-0.1, -0.05) is 42.5 Å². The van der Waals surface area contributed by atoms with Crippen molar-refractivity contribution in [1.29, 1.82) is 5.26 Å². The third-order valence-electron chi connectivity index (χ3n) is 7.51. The fraction of sp³-hybridized carbons (Fsp3) is 0.273. The number of carbonyl (C=O) groups excluding carboxylic acids is 1.